The van der Waals surface area contributed by atoms with Crippen LogP contribution in [0.4, 0.5) is 0 Å². The summed E-state index contributed by atoms with van der Waals surface area (Å²) in [6.45, 7) is 20.3. The monoisotopic (exact) mass is 740 g/mol. The van der Waals surface area contributed by atoms with Crippen molar-refractivity contribution in [2.45, 2.75) is 61.8 Å². The van der Waals surface area contributed by atoms with Crippen LogP contribution in [0.3, 0.4) is 0 Å². The van der Waals surface area contributed by atoms with Gasteiger partial charge in [0, 0.05) is 10.8 Å². The molecule has 6 aliphatic carbocycles. The fourth-order valence-electron chi connectivity index (χ4n) is 11.0. The van der Waals surface area contributed by atoms with Gasteiger partial charge in [-0.15, -0.1) is 23.8 Å². The van der Waals surface area contributed by atoms with Crippen molar-refractivity contribution in [2.24, 2.45) is 43.8 Å². The average molecular weight is 743 g/mol. The molecule has 0 saturated heterocycles. The molecule has 8 rings (SSSR count). The zero-order chi connectivity index (χ0) is 35.3. The van der Waals surface area contributed by atoms with E-state index in [2.05, 4.69) is 171 Å². The molecule has 8 unspecified atom stereocenters. The van der Waals surface area contributed by atoms with Gasteiger partial charge < -0.3 is 6.42 Å². The van der Waals surface area contributed by atoms with Gasteiger partial charge >= 0.3 is 110 Å². The first kappa shape index (κ1) is 36.2. The molecule has 0 radical (unpaired) electrons. The molecule has 49 heavy (non-hydrogen) atoms. The number of benzene rings is 2. The van der Waals surface area contributed by atoms with E-state index in [-0.39, 0.29) is 37.9 Å². The SMILES string of the molecule is CC1=CC=CC2[CH-]C3(C)C4(C)C=CC=CC4(C)C4(C)C=CC=CC4(C)C3(C)C12C.Clc1cccc([C](=[Zr+2])c2ccccc2)c1.[C-]1=CC=CC1. The fourth-order valence-corrected chi connectivity index (χ4v) is 12.0. The molecule has 6 aliphatic rings. The van der Waals surface area contributed by atoms with Gasteiger partial charge in [0.05, 0.1) is 0 Å². The van der Waals surface area contributed by atoms with Gasteiger partial charge in [0.2, 0.25) is 0 Å². The van der Waals surface area contributed by atoms with Gasteiger partial charge in [-0.2, -0.15) is 6.08 Å². The van der Waals surface area contributed by atoms with Crippen molar-refractivity contribution in [1.82, 2.24) is 0 Å². The van der Waals surface area contributed by atoms with E-state index in [1.54, 1.807) is 0 Å². The van der Waals surface area contributed by atoms with E-state index in [1.165, 1.54) is 44.1 Å². The summed E-state index contributed by atoms with van der Waals surface area (Å²) in [7, 11) is 0. The predicted octanol–water partition coefficient (Wildman–Crippen LogP) is 12.4. The van der Waals surface area contributed by atoms with Crippen LogP contribution in [-0.4, -0.2) is 3.21 Å². The number of halogens is 1. The fraction of sp³-hybridized carbons (Fsp3) is 0.362. The quantitative estimate of drug-likeness (QED) is 0.269. The summed E-state index contributed by atoms with van der Waals surface area (Å²) < 4.78 is 1.34. The molecule has 0 spiro atoms. The summed E-state index contributed by atoms with van der Waals surface area (Å²) in [4.78, 5) is 0. The topological polar surface area (TPSA) is 0 Å². The number of hydrogen-bond acceptors (Lipinski definition) is 0. The minimum atomic E-state index is 0.00615. The minimum Gasteiger partial charge on any atom is -0.273 e. The number of rotatable bonds is 2. The molecule has 0 N–H and O–H groups in total. The van der Waals surface area contributed by atoms with Crippen LogP contribution in [0.5, 0.6) is 0 Å². The molecule has 250 valence electrons. The Morgan fingerprint density at radius 2 is 1.33 bits per heavy atom. The Bertz CT molecular complexity index is 1860. The van der Waals surface area contributed by atoms with Gasteiger partial charge in [-0.1, -0.05) is 115 Å². The van der Waals surface area contributed by atoms with E-state index in [0.29, 0.717) is 5.92 Å². The Morgan fingerprint density at radius 1 is 0.735 bits per heavy atom. The van der Waals surface area contributed by atoms with Crippen molar-refractivity contribution in [2.75, 3.05) is 0 Å². The van der Waals surface area contributed by atoms with Crippen LogP contribution in [0.1, 0.15) is 72.9 Å². The maximum Gasteiger partial charge on any atom is -0.109 e. The zero-order valence-corrected chi connectivity index (χ0v) is 33.7. The second-order valence-electron chi connectivity index (χ2n) is 16.0. The molecule has 8 atom stereocenters. The number of fused-ring (bicyclic) bond motifs is 8. The standard InChI is InChI=1S/C29H37.C13H9Cl.C5H5.Zr/c1-21-14-13-15-22-20-27(6)25(4)18-10-9-16-23(25,2)24(3)17-11-12-19-26(24,5)29(27,8)28(21,22)7;14-13-8-4-7-12(10-13)9-11-5-2-1-3-6-11;1-2-4-5-3-1;/h9-20,22H,1-8H3;1-8,10H;1-3H,4H2;/q-1;;-1;+2. The van der Waals surface area contributed by atoms with Crippen molar-refractivity contribution in [3.05, 3.63) is 174 Å². The third kappa shape index (κ3) is 4.88. The van der Waals surface area contributed by atoms with Gasteiger partial charge in [-0.3, -0.25) is 6.08 Å². The average Bonchev–Trinajstić information content (AvgIpc) is 3.75. The summed E-state index contributed by atoms with van der Waals surface area (Å²) in [5, 5.41) is 0.795. The molecule has 0 heterocycles. The molecule has 0 aromatic heterocycles. The summed E-state index contributed by atoms with van der Waals surface area (Å²) >= 11 is 7.38. The molecular formula is C47H51ClZr. The minimum absolute atomic E-state index is 0.00615. The first-order valence-corrected chi connectivity index (χ1v) is 19.3. The molecule has 0 amide bonds. The van der Waals surface area contributed by atoms with E-state index < -0.39 is 0 Å². The Kier molecular flexibility index (Phi) is 9.51. The maximum atomic E-state index is 5.97. The van der Waals surface area contributed by atoms with E-state index >= 15 is 0 Å². The van der Waals surface area contributed by atoms with Gasteiger partial charge in [-0.05, 0) is 28.6 Å². The van der Waals surface area contributed by atoms with Crippen LogP contribution in [0.25, 0.3) is 0 Å². The van der Waals surface area contributed by atoms with E-state index in [4.69, 9.17) is 11.6 Å². The first-order chi connectivity index (χ1) is 23.2. The molecule has 0 aliphatic heterocycles. The Labute approximate surface area is 316 Å². The summed E-state index contributed by atoms with van der Waals surface area (Å²) in [6.07, 6.45) is 39.3. The van der Waals surface area contributed by atoms with Crippen LogP contribution in [-0.2, 0) is 24.2 Å². The van der Waals surface area contributed by atoms with Crippen LogP contribution in [0.15, 0.2) is 145 Å². The molecule has 0 nitrogen and oxygen atoms in total. The van der Waals surface area contributed by atoms with Gasteiger partial charge in [0.1, 0.15) is 0 Å². The maximum absolute atomic E-state index is 5.97. The molecule has 0 bridgehead atoms. The number of hydrogen-bond donors (Lipinski definition) is 0. The van der Waals surface area contributed by atoms with Crippen molar-refractivity contribution in [3.63, 3.8) is 0 Å². The summed E-state index contributed by atoms with van der Waals surface area (Å²) in [6, 6.07) is 18.4. The van der Waals surface area contributed by atoms with Crippen LogP contribution in [0.2, 0.25) is 5.02 Å². The number of allylic oxidation sites excluding steroid dienone is 16. The normalized spacial score (nSPS) is 39.8. The molecule has 2 heteroatoms. The Morgan fingerprint density at radius 3 is 1.90 bits per heavy atom. The van der Waals surface area contributed by atoms with Crippen LogP contribution >= 0.6 is 11.6 Å². The van der Waals surface area contributed by atoms with Gasteiger partial charge in [0.25, 0.3) is 0 Å². The van der Waals surface area contributed by atoms with Crippen molar-refractivity contribution >= 4 is 14.8 Å². The van der Waals surface area contributed by atoms with Crippen molar-refractivity contribution in [1.29, 1.82) is 0 Å². The Balaban J connectivity index is 0.000000172. The van der Waals surface area contributed by atoms with Crippen LogP contribution in [0, 0.1) is 56.3 Å². The van der Waals surface area contributed by atoms with Gasteiger partial charge in [-0.25, -0.2) is 12.2 Å². The largest absolute Gasteiger partial charge is 0.273 e. The molecular weight excluding hydrogens is 691 g/mol. The summed E-state index contributed by atoms with van der Waals surface area (Å²) in [5.74, 6) is 0.460. The third-order valence-electron chi connectivity index (χ3n) is 14.8. The first-order valence-electron chi connectivity index (χ1n) is 17.7. The Hall–Kier alpha value is -2.60. The molecule has 2 aromatic carbocycles. The zero-order valence-electron chi connectivity index (χ0n) is 30.5. The predicted molar refractivity (Wildman–Crippen MR) is 207 cm³/mol. The smallest absolute Gasteiger partial charge is 0.109 e. The van der Waals surface area contributed by atoms with E-state index in [9.17, 15) is 0 Å². The molecule has 2 aromatic rings. The van der Waals surface area contributed by atoms with Gasteiger partial charge in [0.15, 0.2) is 0 Å². The van der Waals surface area contributed by atoms with Crippen molar-refractivity contribution < 1.29 is 24.2 Å². The molecule has 2 fully saturated rings. The molecule has 2 saturated carbocycles. The second kappa shape index (κ2) is 12.9. The van der Waals surface area contributed by atoms with Crippen LogP contribution < -0.4 is 0 Å². The third-order valence-corrected chi connectivity index (χ3v) is 16.5. The van der Waals surface area contributed by atoms with E-state index in [0.717, 1.165) is 11.4 Å². The van der Waals surface area contributed by atoms with Crippen molar-refractivity contribution in [3.8, 4) is 0 Å². The second-order valence-corrected chi connectivity index (χ2v) is 17.6. The van der Waals surface area contributed by atoms with E-state index in [1.807, 2.05) is 36.4 Å². The summed E-state index contributed by atoms with van der Waals surface area (Å²) in [5.41, 5.74) is 4.22.